The largest absolute Gasteiger partial charge is 0.115 e. The van der Waals surface area contributed by atoms with Crippen LogP contribution in [0.2, 0.25) is 0 Å². The highest BCUT2D eigenvalue weighted by Gasteiger charge is 2.18. The molecule has 0 heteroatoms. The maximum atomic E-state index is 5.77. The van der Waals surface area contributed by atoms with Crippen molar-refractivity contribution in [1.29, 1.82) is 0 Å². The van der Waals surface area contributed by atoms with E-state index in [1.807, 2.05) is 30.3 Å². The summed E-state index contributed by atoms with van der Waals surface area (Å²) in [6, 6.07) is 12.1. The quantitative estimate of drug-likeness (QED) is 0.331. The van der Waals surface area contributed by atoms with E-state index in [2.05, 4.69) is 29.7 Å². The lowest BCUT2D eigenvalue weighted by Gasteiger charge is -2.16. The Morgan fingerprint density at radius 1 is 0.583 bits per heavy atom. The van der Waals surface area contributed by atoms with E-state index in [0.717, 1.165) is 37.9 Å². The van der Waals surface area contributed by atoms with Gasteiger partial charge in [-0.25, -0.2) is 0 Å². The van der Waals surface area contributed by atoms with Gasteiger partial charge in [0.1, 0.15) is 0 Å². The van der Waals surface area contributed by atoms with Crippen molar-refractivity contribution in [3.63, 3.8) is 0 Å². The Morgan fingerprint density at radius 3 is 1.96 bits per heavy atom. The molecule has 0 aliphatic rings. The van der Waals surface area contributed by atoms with Crippen LogP contribution in [-0.4, -0.2) is 0 Å². The third kappa shape index (κ3) is 1.53. The highest BCUT2D eigenvalue weighted by molar-refractivity contribution is 6.26. The lowest BCUT2D eigenvalue weighted by atomic mass is 9.85. The smallest absolute Gasteiger partial charge is 0.0568 e. The van der Waals surface area contributed by atoms with Crippen LogP contribution >= 0.6 is 0 Å². The number of hydrogen-bond donors (Lipinski definition) is 0. The van der Waals surface area contributed by atoms with E-state index in [0.29, 0.717) is 16.7 Å². The van der Waals surface area contributed by atoms with Crippen LogP contribution in [0.15, 0.2) is 36.4 Å². The predicted octanol–water partition coefficient (Wildman–Crippen LogP) is 4.51. The van der Waals surface area contributed by atoms with Crippen LogP contribution in [0.25, 0.3) is 32.3 Å². The molecule has 0 N–H and O–H groups in total. The van der Waals surface area contributed by atoms with Gasteiger partial charge in [-0.2, -0.15) is 0 Å². The molecule has 0 nitrogen and oxygen atoms in total. The van der Waals surface area contributed by atoms with Crippen LogP contribution in [0.4, 0.5) is 0 Å². The molecule has 0 aliphatic carbocycles. The van der Waals surface area contributed by atoms with E-state index in [-0.39, 0.29) is 0 Å². The van der Waals surface area contributed by atoms with E-state index in [9.17, 15) is 0 Å². The monoisotopic (exact) mass is 298 g/mol. The molecule has 0 heterocycles. The molecule has 0 atom stereocenters. The zero-order chi connectivity index (χ0) is 16.8. The van der Waals surface area contributed by atoms with Gasteiger partial charge < -0.3 is 0 Å². The van der Waals surface area contributed by atoms with Crippen molar-refractivity contribution in [3.8, 4) is 49.4 Å². The molecule has 4 rings (SSSR count). The number of benzene rings is 4. The van der Waals surface area contributed by atoms with Gasteiger partial charge in [-0.05, 0) is 27.6 Å². The predicted molar refractivity (Wildman–Crippen MR) is 102 cm³/mol. The summed E-state index contributed by atoms with van der Waals surface area (Å²) in [7, 11) is 0. The average molecular weight is 298 g/mol. The van der Waals surface area contributed by atoms with E-state index >= 15 is 0 Å². The van der Waals surface area contributed by atoms with Gasteiger partial charge in [0.2, 0.25) is 0 Å². The summed E-state index contributed by atoms with van der Waals surface area (Å²) in [5.74, 6) is 10.9. The Labute approximate surface area is 140 Å². The molecule has 0 amide bonds. The molecule has 0 unspecified atom stereocenters. The first-order valence-electron chi connectivity index (χ1n) is 7.39. The zero-order valence-corrected chi connectivity index (χ0v) is 12.8. The second-order valence-electron chi connectivity index (χ2n) is 5.57. The van der Waals surface area contributed by atoms with Crippen LogP contribution in [-0.2, 0) is 0 Å². The molecule has 4 aromatic carbocycles. The van der Waals surface area contributed by atoms with Gasteiger partial charge in [0.25, 0.3) is 0 Å². The fourth-order valence-corrected chi connectivity index (χ4v) is 3.54. The third-order valence-electron chi connectivity index (χ3n) is 4.52. The van der Waals surface area contributed by atoms with Gasteiger partial charge >= 0.3 is 0 Å². The Kier molecular flexibility index (Phi) is 2.78. The summed E-state index contributed by atoms with van der Waals surface area (Å²) >= 11 is 0. The van der Waals surface area contributed by atoms with Crippen molar-refractivity contribution >= 4 is 32.3 Å². The Bertz CT molecular complexity index is 1320. The Balaban J connectivity index is 2.51. The van der Waals surface area contributed by atoms with Crippen LogP contribution < -0.4 is 0 Å². The second kappa shape index (κ2) is 4.83. The average Bonchev–Trinajstić information content (AvgIpc) is 2.64. The first-order valence-corrected chi connectivity index (χ1v) is 7.39. The molecular formula is C24H10. The molecule has 0 saturated carbocycles. The molecular weight excluding hydrogens is 288 g/mol. The third-order valence-corrected chi connectivity index (χ3v) is 4.52. The molecule has 0 spiro atoms. The molecule has 4 aromatic rings. The Morgan fingerprint density at radius 2 is 1.29 bits per heavy atom. The summed E-state index contributed by atoms with van der Waals surface area (Å²) < 4.78 is 0. The maximum absolute atomic E-state index is 5.77. The summed E-state index contributed by atoms with van der Waals surface area (Å²) in [5.41, 5.74) is 2.67. The summed E-state index contributed by atoms with van der Waals surface area (Å²) in [6.07, 6.45) is 23.0. The lowest BCUT2D eigenvalue weighted by molar-refractivity contribution is 1.63. The number of terminal acetylenes is 4. The van der Waals surface area contributed by atoms with E-state index in [4.69, 9.17) is 25.7 Å². The second-order valence-corrected chi connectivity index (χ2v) is 5.57. The molecule has 0 radical (unpaired) electrons. The molecule has 0 aliphatic heterocycles. The minimum atomic E-state index is 0.578. The van der Waals surface area contributed by atoms with Crippen molar-refractivity contribution in [2.45, 2.75) is 0 Å². The first-order chi connectivity index (χ1) is 11.7. The SMILES string of the molecule is C#Cc1c(C#C)c2ccc3cccc4c(C#C)cc(c1C#C)c2c34. The van der Waals surface area contributed by atoms with Crippen LogP contribution in [0.5, 0.6) is 0 Å². The summed E-state index contributed by atoms with van der Waals surface area (Å²) in [4.78, 5) is 0. The van der Waals surface area contributed by atoms with Crippen LogP contribution in [0.1, 0.15) is 22.3 Å². The standard InChI is InChI=1S/C24H10/c1-5-15-14-22-19(8-4)17(6-2)18(7-3)21-13-12-16-10-9-11-20(15)23(16)24(21)22/h1-4,9-14H. The van der Waals surface area contributed by atoms with Gasteiger partial charge in [-0.3, -0.25) is 0 Å². The zero-order valence-electron chi connectivity index (χ0n) is 12.8. The van der Waals surface area contributed by atoms with Crippen molar-refractivity contribution < 1.29 is 0 Å². The normalized spacial score (nSPS) is 10.3. The molecule has 0 bridgehead atoms. The molecule has 0 aromatic heterocycles. The van der Waals surface area contributed by atoms with Gasteiger partial charge in [-0.1, -0.05) is 54.0 Å². The minimum absolute atomic E-state index is 0.578. The van der Waals surface area contributed by atoms with Gasteiger partial charge in [-0.15, -0.1) is 25.7 Å². The topological polar surface area (TPSA) is 0 Å². The number of rotatable bonds is 0. The van der Waals surface area contributed by atoms with E-state index in [1.54, 1.807) is 0 Å². The van der Waals surface area contributed by atoms with Crippen molar-refractivity contribution in [2.24, 2.45) is 0 Å². The fourth-order valence-electron chi connectivity index (χ4n) is 3.54. The van der Waals surface area contributed by atoms with Gasteiger partial charge in [0, 0.05) is 27.5 Å². The first kappa shape index (κ1) is 13.8. The molecule has 24 heavy (non-hydrogen) atoms. The van der Waals surface area contributed by atoms with Crippen LogP contribution in [0.3, 0.4) is 0 Å². The molecule has 0 fully saturated rings. The lowest BCUT2D eigenvalue weighted by Crippen LogP contribution is -1.97. The Hall–Kier alpha value is -3.84. The fraction of sp³-hybridized carbons (Fsp3) is 0. The van der Waals surface area contributed by atoms with Crippen LogP contribution in [0, 0.1) is 49.4 Å². The van der Waals surface area contributed by atoms with Gasteiger partial charge in [0.15, 0.2) is 0 Å². The highest BCUT2D eigenvalue weighted by Crippen LogP contribution is 2.40. The van der Waals surface area contributed by atoms with Crippen molar-refractivity contribution in [1.82, 2.24) is 0 Å². The number of hydrogen-bond acceptors (Lipinski definition) is 0. The molecule has 106 valence electrons. The minimum Gasteiger partial charge on any atom is -0.115 e. The summed E-state index contributed by atoms with van der Waals surface area (Å²) in [5, 5.41) is 6.05. The maximum Gasteiger partial charge on any atom is 0.0568 e. The van der Waals surface area contributed by atoms with Crippen molar-refractivity contribution in [3.05, 3.63) is 58.7 Å². The molecule has 0 saturated heterocycles. The highest BCUT2D eigenvalue weighted by atomic mass is 14.2. The summed E-state index contributed by atoms with van der Waals surface area (Å²) in [6.45, 7) is 0. The van der Waals surface area contributed by atoms with Gasteiger partial charge in [0.05, 0.1) is 5.56 Å². The van der Waals surface area contributed by atoms with Crippen molar-refractivity contribution in [2.75, 3.05) is 0 Å². The van der Waals surface area contributed by atoms with E-state index < -0.39 is 0 Å². The van der Waals surface area contributed by atoms with E-state index in [1.165, 1.54) is 0 Å².